The van der Waals surface area contributed by atoms with E-state index in [0.29, 0.717) is 6.04 Å². The van der Waals surface area contributed by atoms with Crippen LogP contribution >= 0.6 is 0 Å². The second kappa shape index (κ2) is 8.80. The molecule has 1 N–H and O–H groups in total. The molecule has 0 aliphatic carbocycles. The Balaban J connectivity index is 1.65. The van der Waals surface area contributed by atoms with Crippen molar-refractivity contribution < 1.29 is 5.11 Å². The normalized spacial score (nSPS) is 19.2. The molecule has 1 aliphatic heterocycles. The van der Waals surface area contributed by atoms with Crippen LogP contribution in [0.3, 0.4) is 0 Å². The number of aliphatic hydroxyl groups is 1. The quantitative estimate of drug-likeness (QED) is 0.828. The lowest BCUT2D eigenvalue weighted by Crippen LogP contribution is -2.52. The number of benzene rings is 1. The second-order valence-corrected chi connectivity index (χ2v) is 7.39. The third-order valence-electron chi connectivity index (χ3n) is 5.55. The van der Waals surface area contributed by atoms with Crippen molar-refractivity contribution >= 4 is 0 Å². The Labute approximate surface area is 157 Å². The van der Waals surface area contributed by atoms with E-state index in [1.54, 1.807) is 0 Å². The minimum Gasteiger partial charge on any atom is -0.396 e. The Hall–Kier alpha value is -1.69. The minimum absolute atomic E-state index is 0.246. The maximum absolute atomic E-state index is 9.55. The van der Waals surface area contributed by atoms with E-state index in [1.165, 1.54) is 16.7 Å². The molecule has 1 unspecified atom stereocenters. The van der Waals surface area contributed by atoms with Crippen LogP contribution in [0.25, 0.3) is 0 Å². The first-order valence-electron chi connectivity index (χ1n) is 9.75. The summed E-state index contributed by atoms with van der Waals surface area (Å²) in [6, 6.07) is 9.02. The fraction of sp³-hybridized carbons (Fsp3) is 0.571. The first-order valence-corrected chi connectivity index (χ1v) is 9.75. The van der Waals surface area contributed by atoms with Crippen LogP contribution in [0.1, 0.15) is 35.7 Å². The van der Waals surface area contributed by atoms with Gasteiger partial charge in [-0.15, -0.1) is 0 Å². The summed E-state index contributed by atoms with van der Waals surface area (Å²) in [5.74, 6) is 0. The summed E-state index contributed by atoms with van der Waals surface area (Å²) in [6.45, 7) is 12.6. The molecule has 0 spiro atoms. The third-order valence-corrected chi connectivity index (χ3v) is 5.55. The number of nitrogens with zero attached hydrogens (tertiary/aromatic N) is 4. The molecular weight excluding hydrogens is 324 g/mol. The van der Waals surface area contributed by atoms with Gasteiger partial charge in [-0.25, -0.2) is 0 Å². The van der Waals surface area contributed by atoms with Gasteiger partial charge in [0, 0.05) is 63.7 Å². The summed E-state index contributed by atoms with van der Waals surface area (Å²) < 4.78 is 2.02. The van der Waals surface area contributed by atoms with E-state index in [1.807, 2.05) is 4.68 Å². The van der Waals surface area contributed by atoms with Crippen molar-refractivity contribution in [3.05, 3.63) is 52.8 Å². The molecule has 0 amide bonds. The average molecular weight is 357 g/mol. The van der Waals surface area contributed by atoms with Crippen LogP contribution in [0.2, 0.25) is 0 Å². The highest BCUT2D eigenvalue weighted by Crippen LogP contribution is 2.20. The maximum Gasteiger partial charge on any atom is 0.0638 e. The molecule has 1 atom stereocenters. The molecule has 0 radical (unpaired) electrons. The van der Waals surface area contributed by atoms with E-state index in [4.69, 9.17) is 0 Å². The first kappa shape index (κ1) is 19.1. The summed E-state index contributed by atoms with van der Waals surface area (Å²) in [6.07, 6.45) is 3.01. The molecule has 1 aromatic carbocycles. The number of rotatable bonds is 7. The van der Waals surface area contributed by atoms with Gasteiger partial charge in [-0.3, -0.25) is 14.5 Å². The van der Waals surface area contributed by atoms with Gasteiger partial charge >= 0.3 is 0 Å². The van der Waals surface area contributed by atoms with E-state index in [0.717, 1.165) is 51.4 Å². The number of hydrogen-bond donors (Lipinski definition) is 1. The van der Waals surface area contributed by atoms with Crippen LogP contribution in [0.5, 0.6) is 0 Å². The predicted molar refractivity (Wildman–Crippen MR) is 105 cm³/mol. The molecule has 0 bridgehead atoms. The van der Waals surface area contributed by atoms with Crippen molar-refractivity contribution in [1.82, 2.24) is 19.6 Å². The zero-order valence-electron chi connectivity index (χ0n) is 16.4. The van der Waals surface area contributed by atoms with Crippen LogP contribution in [0, 0.1) is 13.8 Å². The molecule has 26 heavy (non-hydrogen) atoms. The van der Waals surface area contributed by atoms with Gasteiger partial charge in [0.1, 0.15) is 0 Å². The Morgan fingerprint density at radius 1 is 1.12 bits per heavy atom. The topological polar surface area (TPSA) is 44.5 Å². The van der Waals surface area contributed by atoms with E-state index < -0.39 is 0 Å². The van der Waals surface area contributed by atoms with Crippen LogP contribution < -0.4 is 0 Å². The fourth-order valence-corrected chi connectivity index (χ4v) is 3.86. The molecule has 5 heteroatoms. The zero-order chi connectivity index (χ0) is 18.5. The van der Waals surface area contributed by atoms with Crippen molar-refractivity contribution in [3.8, 4) is 0 Å². The highest BCUT2D eigenvalue weighted by atomic mass is 16.3. The summed E-state index contributed by atoms with van der Waals surface area (Å²) in [5, 5.41) is 14.1. The zero-order valence-corrected chi connectivity index (χ0v) is 16.4. The lowest BCUT2D eigenvalue weighted by Gasteiger charge is -2.41. The van der Waals surface area contributed by atoms with Crippen molar-refractivity contribution in [3.63, 3.8) is 0 Å². The van der Waals surface area contributed by atoms with Gasteiger partial charge < -0.3 is 5.11 Å². The van der Waals surface area contributed by atoms with E-state index in [-0.39, 0.29) is 6.61 Å². The number of aryl methyl sites for hydroxylation is 3. The lowest BCUT2D eigenvalue weighted by molar-refractivity contribution is 0.0498. The van der Waals surface area contributed by atoms with Crippen LogP contribution in [-0.2, 0) is 19.6 Å². The lowest BCUT2D eigenvalue weighted by atomic mass is 10.0. The minimum atomic E-state index is 0.246. The average Bonchev–Trinajstić information content (AvgIpc) is 2.99. The van der Waals surface area contributed by atoms with E-state index >= 15 is 0 Å². The predicted octanol–water partition coefficient (Wildman–Crippen LogP) is 2.59. The van der Waals surface area contributed by atoms with Crippen molar-refractivity contribution in [2.24, 2.45) is 0 Å². The van der Waals surface area contributed by atoms with Crippen LogP contribution in [0.15, 0.2) is 30.5 Å². The molecule has 5 nitrogen and oxygen atoms in total. The van der Waals surface area contributed by atoms with Gasteiger partial charge in [-0.05, 0) is 38.3 Å². The van der Waals surface area contributed by atoms with Gasteiger partial charge in [0.15, 0.2) is 0 Å². The Kier molecular flexibility index (Phi) is 6.46. The van der Waals surface area contributed by atoms with Gasteiger partial charge in [0.25, 0.3) is 0 Å². The molecule has 2 heterocycles. The number of piperazine rings is 1. The van der Waals surface area contributed by atoms with Crippen molar-refractivity contribution in [2.45, 2.75) is 52.9 Å². The Morgan fingerprint density at radius 3 is 2.62 bits per heavy atom. The number of hydrogen-bond acceptors (Lipinski definition) is 4. The molecule has 1 fully saturated rings. The monoisotopic (exact) mass is 356 g/mol. The molecule has 1 saturated heterocycles. The van der Waals surface area contributed by atoms with E-state index in [2.05, 4.69) is 66.1 Å². The summed E-state index contributed by atoms with van der Waals surface area (Å²) in [7, 11) is 0. The number of aromatic nitrogens is 2. The molecule has 1 aliphatic rings. The molecule has 0 saturated carbocycles. The van der Waals surface area contributed by atoms with Crippen molar-refractivity contribution in [2.75, 3.05) is 26.2 Å². The highest BCUT2D eigenvalue weighted by Gasteiger charge is 2.27. The van der Waals surface area contributed by atoms with Gasteiger partial charge in [-0.2, -0.15) is 5.10 Å². The van der Waals surface area contributed by atoms with Crippen LogP contribution in [0.4, 0.5) is 0 Å². The first-order chi connectivity index (χ1) is 12.6. The molecule has 142 valence electrons. The molecule has 3 rings (SSSR count). The molecule has 2 aromatic rings. The van der Waals surface area contributed by atoms with Gasteiger partial charge in [0.05, 0.1) is 5.69 Å². The summed E-state index contributed by atoms with van der Waals surface area (Å²) in [5.41, 5.74) is 5.19. The highest BCUT2D eigenvalue weighted by molar-refractivity contribution is 5.25. The van der Waals surface area contributed by atoms with Gasteiger partial charge in [-0.1, -0.05) is 24.3 Å². The van der Waals surface area contributed by atoms with Gasteiger partial charge in [0.2, 0.25) is 0 Å². The summed E-state index contributed by atoms with van der Waals surface area (Å²) >= 11 is 0. The smallest absolute Gasteiger partial charge is 0.0638 e. The molecular formula is C21H32N4O. The standard InChI is InChI=1S/C21H32N4O/c1-4-25-15-20(18(3)22-25)13-23-10-11-24(21(16-23)9-12-26)14-19-8-6-5-7-17(19)2/h5-8,15,21,26H,4,9-14,16H2,1-3H3. The third kappa shape index (κ3) is 4.53. The van der Waals surface area contributed by atoms with Crippen LogP contribution in [-0.4, -0.2) is 57.0 Å². The summed E-state index contributed by atoms with van der Waals surface area (Å²) in [4.78, 5) is 5.05. The largest absolute Gasteiger partial charge is 0.396 e. The maximum atomic E-state index is 9.55. The SMILES string of the molecule is CCn1cc(CN2CCN(Cc3ccccc3C)C(CCO)C2)c(C)n1. The Bertz CT molecular complexity index is 712. The Morgan fingerprint density at radius 2 is 1.92 bits per heavy atom. The number of aliphatic hydroxyl groups excluding tert-OH is 1. The van der Waals surface area contributed by atoms with E-state index in [9.17, 15) is 5.11 Å². The fourth-order valence-electron chi connectivity index (χ4n) is 3.86. The molecule has 1 aromatic heterocycles. The van der Waals surface area contributed by atoms with Crippen molar-refractivity contribution in [1.29, 1.82) is 0 Å². The second-order valence-electron chi connectivity index (χ2n) is 7.39.